The van der Waals surface area contributed by atoms with Crippen LogP contribution in [0.3, 0.4) is 0 Å². The van der Waals surface area contributed by atoms with Crippen LogP contribution in [0.2, 0.25) is 0 Å². The molecule has 1 aromatic heterocycles. The molecule has 7 N–H and O–H groups in total. The van der Waals surface area contributed by atoms with Crippen LogP contribution in [0.25, 0.3) is 18.2 Å². The average Bonchev–Trinajstić information content (AvgIpc) is 3.52. The summed E-state index contributed by atoms with van der Waals surface area (Å²) < 4.78 is 0. The topological polar surface area (TPSA) is 164 Å². The van der Waals surface area contributed by atoms with Crippen molar-refractivity contribution in [2.24, 2.45) is 11.8 Å². The van der Waals surface area contributed by atoms with Crippen molar-refractivity contribution in [1.29, 1.82) is 0 Å². The third kappa shape index (κ3) is 6.92. The number of hydrogen-bond donors (Lipinski definition) is 8. The summed E-state index contributed by atoms with van der Waals surface area (Å²) in [5.74, 6) is -1.05. The predicted octanol–water partition coefficient (Wildman–Crippen LogP) is 4.07. The van der Waals surface area contributed by atoms with Crippen molar-refractivity contribution >= 4 is 60.5 Å². The van der Waals surface area contributed by atoms with Crippen molar-refractivity contribution in [3.8, 4) is 0 Å². The Labute approximate surface area is 273 Å². The second-order valence-corrected chi connectivity index (χ2v) is 14.5. The first-order chi connectivity index (χ1) is 21.3. The van der Waals surface area contributed by atoms with Crippen LogP contribution in [-0.2, 0) is 14.4 Å². The largest absolute Gasteiger partial charge is 0.481 e. The molecule has 242 valence electrons. The quantitative estimate of drug-likeness (QED) is 0.0999. The highest BCUT2D eigenvalue weighted by Crippen LogP contribution is 2.42. The summed E-state index contributed by atoms with van der Waals surface area (Å²) in [6, 6.07) is -0.231. The van der Waals surface area contributed by atoms with Gasteiger partial charge in [-0.05, 0) is 74.1 Å². The van der Waals surface area contributed by atoms with Gasteiger partial charge in [0.1, 0.15) is 6.23 Å². The molecule has 0 bridgehead atoms. The Bertz CT molecular complexity index is 1560. The second-order valence-electron chi connectivity index (χ2n) is 12.5. The van der Waals surface area contributed by atoms with E-state index in [2.05, 4.69) is 33.6 Å². The Hall–Kier alpha value is -3.35. The number of carboxylic acids is 2. The average molecular weight is 655 g/mol. The maximum absolute atomic E-state index is 12.7. The lowest BCUT2D eigenvalue weighted by molar-refractivity contribution is -0.137. The van der Waals surface area contributed by atoms with E-state index in [1.807, 2.05) is 46.8 Å². The first-order valence-corrected chi connectivity index (χ1v) is 16.8. The van der Waals surface area contributed by atoms with Crippen molar-refractivity contribution < 1.29 is 29.7 Å². The van der Waals surface area contributed by atoms with Crippen LogP contribution in [0.4, 0.5) is 0 Å². The minimum absolute atomic E-state index is 0.000537. The van der Waals surface area contributed by atoms with Crippen molar-refractivity contribution in [3.05, 3.63) is 62.3 Å². The number of nitrogens with one attached hydrogen (secondary N) is 4. The predicted molar refractivity (Wildman–Crippen MR) is 180 cm³/mol. The van der Waals surface area contributed by atoms with E-state index in [1.165, 1.54) is 0 Å². The summed E-state index contributed by atoms with van der Waals surface area (Å²) >= 11 is 6.44. The number of allylic oxidation sites excluding steroid dienone is 2. The van der Waals surface area contributed by atoms with Crippen molar-refractivity contribution in [1.82, 2.24) is 20.9 Å². The van der Waals surface area contributed by atoms with Gasteiger partial charge < -0.3 is 36.3 Å². The van der Waals surface area contributed by atoms with Gasteiger partial charge in [-0.1, -0.05) is 13.8 Å². The molecule has 2 unspecified atom stereocenters. The van der Waals surface area contributed by atoms with Gasteiger partial charge in [0.25, 0.3) is 0 Å². The molecule has 0 aromatic carbocycles. The number of carboxylic acid groups (broad SMARTS) is 2. The fraction of sp³-hybridized carbons (Fsp3) is 0.485. The first kappa shape index (κ1) is 33.0. The number of carbonyl (C=O) groups is 3. The maximum Gasteiger partial charge on any atom is 0.328 e. The number of aliphatic hydroxyl groups is 1. The molecule has 4 aliphatic heterocycles. The SMILES string of the molecule is CC1=C(CCC(=O)O)/C(=C/c2[nH]c(/C=C3\NC(O)[C@H](C)[C@H]3[C@H](C)S)c(C)c2/C=C/C(=O)O)NC1C[C@H]1NC(=O)C([C@H]2CS2)=C1C. The van der Waals surface area contributed by atoms with Crippen LogP contribution in [0, 0.1) is 18.8 Å². The summed E-state index contributed by atoms with van der Waals surface area (Å²) in [6.45, 7) is 9.89. The molecule has 7 atom stereocenters. The van der Waals surface area contributed by atoms with Gasteiger partial charge >= 0.3 is 11.9 Å². The molecule has 45 heavy (non-hydrogen) atoms. The highest BCUT2D eigenvalue weighted by atomic mass is 32.2. The Kier molecular flexibility index (Phi) is 9.67. The lowest BCUT2D eigenvalue weighted by Gasteiger charge is -2.20. The summed E-state index contributed by atoms with van der Waals surface area (Å²) in [4.78, 5) is 39.2. The molecule has 0 spiro atoms. The highest BCUT2D eigenvalue weighted by Gasteiger charge is 2.41. The molecule has 0 aliphatic carbocycles. The molecule has 12 heteroatoms. The van der Waals surface area contributed by atoms with Gasteiger partial charge in [-0.3, -0.25) is 9.59 Å². The van der Waals surface area contributed by atoms with Crippen molar-refractivity contribution in [2.45, 2.75) is 82.7 Å². The zero-order valence-electron chi connectivity index (χ0n) is 26.1. The van der Waals surface area contributed by atoms with Gasteiger partial charge in [0.15, 0.2) is 0 Å². The van der Waals surface area contributed by atoms with Gasteiger partial charge in [0.05, 0.1) is 6.04 Å². The molecule has 2 saturated heterocycles. The molecular formula is C33H42N4O6S2. The Morgan fingerprint density at radius 1 is 1.07 bits per heavy atom. The van der Waals surface area contributed by atoms with Gasteiger partial charge in [-0.2, -0.15) is 24.4 Å². The number of aromatic amines is 1. The standard InChI is InChI=1S/C33H42N4O6S2/c1-14-19(6-8-28(38)39)24(34-21(14)10-23-16(3)31(27-13-45-27)33(43)36-23)12-25-20(7-9-29(40)41)15(2)22(35-25)11-26-30(18(5)44)17(4)32(42)37-26/h7,9,11-12,17-18,21,23,27,30,32,34-35,37,42,44H,6,8,10,13H2,1-5H3,(H,36,43)(H,38,39)(H,40,41)/b9-7+,24-12-,26-11-/t17-,18+,21?,23-,27-,30+,32?/m1/s1. The van der Waals surface area contributed by atoms with Gasteiger partial charge in [-0.15, -0.1) is 0 Å². The third-order valence-electron chi connectivity index (χ3n) is 9.47. The van der Waals surface area contributed by atoms with E-state index >= 15 is 0 Å². The first-order valence-electron chi connectivity index (χ1n) is 15.3. The summed E-state index contributed by atoms with van der Waals surface area (Å²) in [7, 11) is 0. The van der Waals surface area contributed by atoms with E-state index in [9.17, 15) is 29.7 Å². The molecule has 5 rings (SSSR count). The number of aliphatic carboxylic acids is 2. The molecule has 0 saturated carbocycles. The van der Waals surface area contributed by atoms with E-state index < -0.39 is 18.2 Å². The number of amides is 1. The van der Waals surface area contributed by atoms with Gasteiger partial charge in [0, 0.05) is 80.5 Å². The second kappa shape index (κ2) is 13.2. The van der Waals surface area contributed by atoms with Crippen LogP contribution >= 0.6 is 24.4 Å². The zero-order chi connectivity index (χ0) is 32.7. The summed E-state index contributed by atoms with van der Waals surface area (Å²) in [5.41, 5.74) is 8.43. The monoisotopic (exact) mass is 654 g/mol. The zero-order valence-corrected chi connectivity index (χ0v) is 27.8. The van der Waals surface area contributed by atoms with Gasteiger partial charge in [0.2, 0.25) is 5.91 Å². The van der Waals surface area contributed by atoms with E-state index in [0.29, 0.717) is 24.1 Å². The van der Waals surface area contributed by atoms with Crippen LogP contribution in [-0.4, -0.2) is 72.7 Å². The van der Waals surface area contributed by atoms with Crippen molar-refractivity contribution in [3.63, 3.8) is 0 Å². The van der Waals surface area contributed by atoms with Crippen LogP contribution in [0.5, 0.6) is 0 Å². The highest BCUT2D eigenvalue weighted by molar-refractivity contribution is 8.07. The Morgan fingerprint density at radius 3 is 2.38 bits per heavy atom. The smallest absolute Gasteiger partial charge is 0.328 e. The number of thioether (sulfide) groups is 1. The minimum atomic E-state index is -1.07. The van der Waals surface area contributed by atoms with Crippen molar-refractivity contribution in [2.75, 3.05) is 5.75 Å². The number of hydrogen-bond acceptors (Lipinski definition) is 8. The molecular weight excluding hydrogens is 613 g/mol. The van der Waals surface area contributed by atoms with E-state index in [0.717, 1.165) is 56.8 Å². The number of H-pyrrole nitrogens is 1. The number of thiol groups is 1. The summed E-state index contributed by atoms with van der Waals surface area (Å²) in [6.07, 6.45) is 6.72. The van der Waals surface area contributed by atoms with E-state index in [-0.39, 0.29) is 46.7 Å². The number of carbonyl (C=O) groups excluding carboxylic acids is 1. The van der Waals surface area contributed by atoms with E-state index in [4.69, 9.17) is 0 Å². The molecule has 10 nitrogen and oxygen atoms in total. The number of aromatic nitrogens is 1. The fourth-order valence-corrected chi connectivity index (χ4v) is 7.98. The fourth-order valence-electron chi connectivity index (χ4n) is 6.83. The molecule has 5 heterocycles. The Balaban J connectivity index is 1.52. The maximum atomic E-state index is 12.7. The van der Waals surface area contributed by atoms with Crippen LogP contribution < -0.4 is 16.0 Å². The summed E-state index contributed by atoms with van der Waals surface area (Å²) in [5, 5.41) is 39.6. The van der Waals surface area contributed by atoms with Crippen LogP contribution in [0.1, 0.15) is 69.5 Å². The lowest BCUT2D eigenvalue weighted by Crippen LogP contribution is -2.36. The molecule has 1 aromatic rings. The number of aliphatic hydroxyl groups excluding tert-OH is 1. The minimum Gasteiger partial charge on any atom is -0.481 e. The Morgan fingerprint density at radius 2 is 1.76 bits per heavy atom. The normalized spacial score (nSPS) is 30.4. The number of rotatable bonds is 11. The van der Waals surface area contributed by atoms with Crippen LogP contribution in [0.15, 0.2) is 39.8 Å². The molecule has 1 amide bonds. The van der Waals surface area contributed by atoms with E-state index in [1.54, 1.807) is 17.8 Å². The molecule has 2 fully saturated rings. The molecule has 0 radical (unpaired) electrons. The van der Waals surface area contributed by atoms with Gasteiger partial charge in [-0.25, -0.2) is 4.79 Å². The third-order valence-corrected chi connectivity index (χ3v) is 10.7. The molecule has 4 aliphatic rings. The lowest BCUT2D eigenvalue weighted by atomic mass is 9.91.